The summed E-state index contributed by atoms with van der Waals surface area (Å²) in [6, 6.07) is 17.6. The van der Waals surface area contributed by atoms with Crippen LogP contribution < -0.4 is 15.0 Å². The smallest absolute Gasteiger partial charge is 0.174 e. The molecule has 190 valence electrons. The first-order valence-corrected chi connectivity index (χ1v) is 12.8. The Morgan fingerprint density at radius 1 is 1.03 bits per heavy atom. The number of thiocarbonyl (C=S) groups is 1. The zero-order valence-electron chi connectivity index (χ0n) is 20.9. The third-order valence-corrected chi connectivity index (χ3v) is 7.14. The molecule has 4 aromatic rings. The minimum absolute atomic E-state index is 0.157. The quantitative estimate of drug-likeness (QED) is 0.229. The second-order valence-corrected chi connectivity index (χ2v) is 9.62. The Morgan fingerprint density at radius 3 is 2.59 bits per heavy atom. The van der Waals surface area contributed by atoms with Gasteiger partial charge in [0.2, 0.25) is 0 Å². The maximum atomic E-state index is 6.64. The van der Waals surface area contributed by atoms with Crippen LogP contribution in [0.3, 0.4) is 0 Å². The lowest BCUT2D eigenvalue weighted by Crippen LogP contribution is -2.29. The van der Waals surface area contributed by atoms with E-state index in [9.17, 15) is 0 Å². The maximum Gasteiger partial charge on any atom is 0.174 e. The van der Waals surface area contributed by atoms with Crippen molar-refractivity contribution in [1.82, 2.24) is 19.9 Å². The molecule has 9 heteroatoms. The van der Waals surface area contributed by atoms with Gasteiger partial charge in [-0.15, -0.1) is 0 Å². The number of nitrogens with zero attached hydrogens (tertiary/aromatic N) is 4. The number of methoxy groups -OCH3 is 1. The van der Waals surface area contributed by atoms with Crippen molar-refractivity contribution in [2.75, 3.05) is 25.2 Å². The Kier molecular flexibility index (Phi) is 7.41. The van der Waals surface area contributed by atoms with Gasteiger partial charge < -0.3 is 24.3 Å². The lowest BCUT2D eigenvalue weighted by Gasteiger charge is -2.28. The average molecular weight is 534 g/mol. The number of halogens is 1. The summed E-state index contributed by atoms with van der Waals surface area (Å²) in [6.45, 7) is 5.14. The van der Waals surface area contributed by atoms with E-state index in [1.807, 2.05) is 54.9 Å². The molecule has 0 radical (unpaired) electrons. The summed E-state index contributed by atoms with van der Waals surface area (Å²) in [5.74, 6) is 0.605. The second kappa shape index (κ2) is 10.9. The monoisotopic (exact) mass is 533 g/mol. The van der Waals surface area contributed by atoms with Gasteiger partial charge in [-0.25, -0.2) is 0 Å². The van der Waals surface area contributed by atoms with Gasteiger partial charge in [-0.2, -0.15) is 0 Å². The molecule has 7 nitrogen and oxygen atoms in total. The Labute approximate surface area is 227 Å². The van der Waals surface area contributed by atoms with Crippen LogP contribution in [0, 0.1) is 13.8 Å². The molecule has 4 heterocycles. The van der Waals surface area contributed by atoms with Crippen molar-refractivity contribution in [1.29, 1.82) is 0 Å². The van der Waals surface area contributed by atoms with E-state index in [4.69, 9.17) is 33.3 Å². The molecule has 1 aromatic carbocycles. The highest BCUT2D eigenvalue weighted by molar-refractivity contribution is 7.80. The third kappa shape index (κ3) is 4.92. The fourth-order valence-electron chi connectivity index (χ4n) is 4.91. The van der Waals surface area contributed by atoms with Crippen LogP contribution in [0.1, 0.15) is 34.7 Å². The summed E-state index contributed by atoms with van der Waals surface area (Å²) >= 11 is 12.5. The fourth-order valence-corrected chi connectivity index (χ4v) is 5.49. The Hall–Kier alpha value is -3.46. The standard InChI is InChI=1S/C28H28ClN5O2S/c1-18-15-22(19(2)33(18)21-7-6-11-30-17-21)27-26(24-8-4-5-12-31-24)32-28(37)34(27)20-9-10-25(23(29)16-20)36-14-13-35-3/h4-12,15-17,26-27H,13-14H2,1-3H3,(H,32,37)/t26-,27+/m1/s1. The number of benzene rings is 1. The summed E-state index contributed by atoms with van der Waals surface area (Å²) in [7, 11) is 1.64. The van der Waals surface area contributed by atoms with Gasteiger partial charge in [0.25, 0.3) is 0 Å². The first-order valence-electron chi connectivity index (χ1n) is 12.0. The maximum absolute atomic E-state index is 6.64. The molecule has 5 rings (SSSR count). The van der Waals surface area contributed by atoms with Crippen LogP contribution in [-0.4, -0.2) is 40.0 Å². The van der Waals surface area contributed by atoms with E-state index in [-0.39, 0.29) is 12.1 Å². The van der Waals surface area contributed by atoms with Gasteiger partial charge in [-0.3, -0.25) is 9.97 Å². The van der Waals surface area contributed by atoms with Crippen molar-refractivity contribution in [2.45, 2.75) is 25.9 Å². The van der Waals surface area contributed by atoms with Crippen molar-refractivity contribution < 1.29 is 9.47 Å². The van der Waals surface area contributed by atoms with Crippen LogP contribution in [0.15, 0.2) is 73.2 Å². The van der Waals surface area contributed by atoms with Gasteiger partial charge in [-0.05, 0) is 80.2 Å². The van der Waals surface area contributed by atoms with Gasteiger partial charge in [-0.1, -0.05) is 17.7 Å². The molecule has 0 unspecified atom stereocenters. The molecule has 0 amide bonds. The fraction of sp³-hybridized carbons (Fsp3) is 0.250. The number of ether oxygens (including phenoxy) is 2. The van der Waals surface area contributed by atoms with Crippen LogP contribution in [0.2, 0.25) is 5.02 Å². The van der Waals surface area contributed by atoms with Crippen LogP contribution >= 0.6 is 23.8 Å². The van der Waals surface area contributed by atoms with Gasteiger partial charge in [0.05, 0.1) is 41.3 Å². The molecular formula is C28H28ClN5O2S. The molecule has 3 aromatic heterocycles. The molecule has 1 aliphatic rings. The molecule has 0 spiro atoms. The van der Waals surface area contributed by atoms with Crippen LogP contribution in [0.25, 0.3) is 5.69 Å². The zero-order chi connectivity index (χ0) is 25.9. The van der Waals surface area contributed by atoms with Crippen molar-refractivity contribution in [3.63, 3.8) is 0 Å². The van der Waals surface area contributed by atoms with E-state index in [1.165, 1.54) is 0 Å². The Morgan fingerprint density at radius 2 is 1.89 bits per heavy atom. The molecule has 0 aliphatic carbocycles. The molecule has 2 atom stereocenters. The molecule has 1 fully saturated rings. The van der Waals surface area contributed by atoms with Gasteiger partial charge >= 0.3 is 0 Å². The number of hydrogen-bond donors (Lipinski definition) is 1. The number of hydrogen-bond acceptors (Lipinski definition) is 5. The number of anilines is 1. The SMILES string of the molecule is COCCOc1ccc(N2C(=S)N[C@H](c3ccccn3)[C@@H]2c2cc(C)n(-c3cccnc3)c2C)cc1Cl. The lowest BCUT2D eigenvalue weighted by molar-refractivity contribution is 0.146. The van der Waals surface area contributed by atoms with Crippen molar-refractivity contribution in [3.8, 4) is 11.4 Å². The Balaban J connectivity index is 1.60. The summed E-state index contributed by atoms with van der Waals surface area (Å²) < 4.78 is 13.1. The van der Waals surface area contributed by atoms with Crippen molar-refractivity contribution >= 4 is 34.6 Å². The molecule has 1 N–H and O–H groups in total. The van der Waals surface area contributed by atoms with Crippen LogP contribution in [0.5, 0.6) is 5.75 Å². The highest BCUT2D eigenvalue weighted by atomic mass is 35.5. The van der Waals surface area contributed by atoms with Crippen molar-refractivity contribution in [3.05, 3.63) is 101 Å². The van der Waals surface area contributed by atoms with E-state index in [0.29, 0.717) is 29.1 Å². The van der Waals surface area contributed by atoms with Gasteiger partial charge in [0.1, 0.15) is 12.4 Å². The van der Waals surface area contributed by atoms with E-state index in [0.717, 1.165) is 34.0 Å². The second-order valence-electron chi connectivity index (χ2n) is 8.83. The van der Waals surface area contributed by atoms with E-state index < -0.39 is 0 Å². The van der Waals surface area contributed by atoms with Gasteiger partial charge in [0.15, 0.2) is 5.11 Å². The van der Waals surface area contributed by atoms with Gasteiger partial charge in [0, 0.05) is 36.6 Å². The number of aromatic nitrogens is 3. The zero-order valence-corrected chi connectivity index (χ0v) is 22.5. The minimum atomic E-state index is -0.159. The topological polar surface area (TPSA) is 64.4 Å². The van der Waals surface area contributed by atoms with E-state index in [2.05, 4.69) is 50.7 Å². The summed E-state index contributed by atoms with van der Waals surface area (Å²) in [5.41, 5.74) is 6.15. The van der Waals surface area contributed by atoms with E-state index in [1.54, 1.807) is 13.3 Å². The normalized spacial score (nSPS) is 17.2. The molecule has 0 saturated carbocycles. The Bertz CT molecular complexity index is 1400. The lowest BCUT2D eigenvalue weighted by atomic mass is 9.96. The predicted molar refractivity (Wildman–Crippen MR) is 150 cm³/mol. The largest absolute Gasteiger partial charge is 0.490 e. The average Bonchev–Trinajstić information content (AvgIpc) is 3.41. The number of aryl methyl sites for hydroxylation is 1. The highest BCUT2D eigenvalue weighted by Gasteiger charge is 2.42. The first-order chi connectivity index (χ1) is 18.0. The molecule has 37 heavy (non-hydrogen) atoms. The van der Waals surface area contributed by atoms with Crippen LogP contribution in [0.4, 0.5) is 5.69 Å². The predicted octanol–water partition coefficient (Wildman–Crippen LogP) is 5.74. The van der Waals surface area contributed by atoms with Crippen LogP contribution in [-0.2, 0) is 4.74 Å². The first kappa shape index (κ1) is 25.2. The van der Waals surface area contributed by atoms with Crippen molar-refractivity contribution in [2.24, 2.45) is 0 Å². The molecule has 1 aliphatic heterocycles. The number of pyridine rings is 2. The molecular weight excluding hydrogens is 506 g/mol. The third-order valence-electron chi connectivity index (χ3n) is 6.53. The number of rotatable bonds is 8. The molecule has 1 saturated heterocycles. The summed E-state index contributed by atoms with van der Waals surface area (Å²) in [5, 5.41) is 4.64. The minimum Gasteiger partial charge on any atom is -0.490 e. The highest BCUT2D eigenvalue weighted by Crippen LogP contribution is 2.44. The summed E-state index contributed by atoms with van der Waals surface area (Å²) in [6.07, 6.45) is 5.46. The summed E-state index contributed by atoms with van der Waals surface area (Å²) in [4.78, 5) is 11.1. The number of nitrogens with one attached hydrogen (secondary N) is 1. The van der Waals surface area contributed by atoms with E-state index >= 15 is 0 Å². The molecule has 0 bridgehead atoms.